The fourth-order valence-corrected chi connectivity index (χ4v) is 2.95. The van der Waals surface area contributed by atoms with Crippen molar-refractivity contribution in [2.24, 2.45) is 17.6 Å². The third-order valence-electron chi connectivity index (χ3n) is 3.09. The van der Waals surface area contributed by atoms with Crippen LogP contribution in [0.4, 0.5) is 5.69 Å². The number of hydrogen-bond donors (Lipinski definition) is 2. The fraction of sp³-hybridized carbons (Fsp3) is 0.533. The van der Waals surface area contributed by atoms with Crippen molar-refractivity contribution in [2.45, 2.75) is 34.1 Å². The van der Waals surface area contributed by atoms with Crippen molar-refractivity contribution in [3.63, 3.8) is 0 Å². The zero-order chi connectivity index (χ0) is 14.6. The molecule has 4 heteroatoms. The quantitative estimate of drug-likeness (QED) is 0.868. The SMILES string of the molecule is Cc1cc(C)c(NC(=O)C(CN)CC(C)C)c(Br)c1. The fourth-order valence-electron chi connectivity index (χ4n) is 2.18. The lowest BCUT2D eigenvalue weighted by molar-refractivity contribution is -0.120. The number of nitrogens with one attached hydrogen (secondary N) is 1. The van der Waals surface area contributed by atoms with Crippen LogP contribution in [0.5, 0.6) is 0 Å². The predicted octanol–water partition coefficient (Wildman–Crippen LogP) is 3.63. The molecule has 19 heavy (non-hydrogen) atoms. The zero-order valence-corrected chi connectivity index (χ0v) is 13.7. The Morgan fingerprint density at radius 2 is 2.00 bits per heavy atom. The Balaban J connectivity index is 2.87. The molecule has 0 aliphatic rings. The van der Waals surface area contributed by atoms with Gasteiger partial charge in [0.25, 0.3) is 0 Å². The van der Waals surface area contributed by atoms with Gasteiger partial charge in [0.1, 0.15) is 0 Å². The van der Waals surface area contributed by atoms with E-state index in [0.717, 1.165) is 22.1 Å². The Morgan fingerprint density at radius 1 is 1.37 bits per heavy atom. The molecule has 0 aliphatic carbocycles. The molecule has 0 aliphatic heterocycles. The molecule has 0 bridgehead atoms. The monoisotopic (exact) mass is 326 g/mol. The third kappa shape index (κ3) is 4.62. The van der Waals surface area contributed by atoms with E-state index in [2.05, 4.69) is 41.2 Å². The second kappa shape index (κ2) is 7.06. The second-order valence-corrected chi connectivity index (χ2v) is 6.34. The second-order valence-electron chi connectivity index (χ2n) is 5.49. The molecule has 1 aromatic rings. The Hall–Kier alpha value is -0.870. The van der Waals surface area contributed by atoms with Crippen LogP contribution >= 0.6 is 15.9 Å². The first-order valence-corrected chi connectivity index (χ1v) is 7.42. The molecule has 0 saturated carbocycles. The minimum atomic E-state index is -0.132. The minimum absolute atomic E-state index is 0.00357. The maximum absolute atomic E-state index is 12.3. The van der Waals surface area contributed by atoms with Gasteiger partial charge in [0.05, 0.1) is 11.6 Å². The molecule has 1 atom stereocenters. The average Bonchev–Trinajstić information content (AvgIpc) is 2.30. The highest BCUT2D eigenvalue weighted by Crippen LogP contribution is 2.28. The highest BCUT2D eigenvalue weighted by atomic mass is 79.9. The summed E-state index contributed by atoms with van der Waals surface area (Å²) in [5.74, 6) is 0.332. The number of carbonyl (C=O) groups excluding carboxylic acids is 1. The number of hydrogen-bond acceptors (Lipinski definition) is 2. The molecule has 0 saturated heterocycles. The largest absolute Gasteiger partial charge is 0.330 e. The van der Waals surface area contributed by atoms with E-state index in [1.807, 2.05) is 19.9 Å². The molecule has 3 N–H and O–H groups in total. The van der Waals surface area contributed by atoms with Gasteiger partial charge in [-0.1, -0.05) is 19.9 Å². The molecule has 1 rings (SSSR count). The van der Waals surface area contributed by atoms with Crippen LogP contribution in [-0.2, 0) is 4.79 Å². The van der Waals surface area contributed by atoms with E-state index in [1.54, 1.807) is 0 Å². The maximum Gasteiger partial charge on any atom is 0.228 e. The third-order valence-corrected chi connectivity index (χ3v) is 3.72. The highest BCUT2D eigenvalue weighted by molar-refractivity contribution is 9.10. The number of rotatable bonds is 5. The van der Waals surface area contributed by atoms with E-state index in [1.165, 1.54) is 5.56 Å². The first-order valence-electron chi connectivity index (χ1n) is 6.62. The number of benzene rings is 1. The van der Waals surface area contributed by atoms with Crippen molar-refractivity contribution in [3.8, 4) is 0 Å². The molecular formula is C15H23BrN2O. The van der Waals surface area contributed by atoms with E-state index in [4.69, 9.17) is 5.73 Å². The van der Waals surface area contributed by atoms with Crippen molar-refractivity contribution < 1.29 is 4.79 Å². The predicted molar refractivity (Wildman–Crippen MR) is 84.2 cm³/mol. The molecule has 1 aromatic carbocycles. The van der Waals surface area contributed by atoms with Crippen molar-refractivity contribution in [1.82, 2.24) is 0 Å². The van der Waals surface area contributed by atoms with Gasteiger partial charge < -0.3 is 11.1 Å². The Kier molecular flexibility index (Phi) is 6.01. The number of halogens is 1. The number of nitrogens with two attached hydrogens (primary N) is 1. The summed E-state index contributed by atoms with van der Waals surface area (Å²) in [4.78, 5) is 12.3. The number of amides is 1. The van der Waals surface area contributed by atoms with Crippen LogP contribution in [0.25, 0.3) is 0 Å². The van der Waals surface area contributed by atoms with Crippen molar-refractivity contribution in [1.29, 1.82) is 0 Å². The van der Waals surface area contributed by atoms with Crippen LogP contribution in [-0.4, -0.2) is 12.5 Å². The molecular weight excluding hydrogens is 304 g/mol. The highest BCUT2D eigenvalue weighted by Gasteiger charge is 2.19. The summed E-state index contributed by atoms with van der Waals surface area (Å²) in [6, 6.07) is 4.06. The number of anilines is 1. The Labute approximate surface area is 124 Å². The van der Waals surface area contributed by atoms with Crippen LogP contribution in [0.3, 0.4) is 0 Å². The molecule has 1 unspecified atom stereocenters. The summed E-state index contributed by atoms with van der Waals surface area (Å²) < 4.78 is 0.915. The van der Waals surface area contributed by atoms with E-state index in [0.29, 0.717) is 12.5 Å². The van der Waals surface area contributed by atoms with Gasteiger partial charge in [-0.3, -0.25) is 4.79 Å². The lowest BCUT2D eigenvalue weighted by Crippen LogP contribution is -2.30. The van der Waals surface area contributed by atoms with E-state index < -0.39 is 0 Å². The molecule has 3 nitrogen and oxygen atoms in total. The van der Waals surface area contributed by atoms with Crippen molar-refractivity contribution in [3.05, 3.63) is 27.7 Å². The van der Waals surface area contributed by atoms with Crippen LogP contribution in [0.15, 0.2) is 16.6 Å². The normalized spacial score (nSPS) is 12.6. The maximum atomic E-state index is 12.3. The first kappa shape index (κ1) is 16.2. The smallest absolute Gasteiger partial charge is 0.228 e. The van der Waals surface area contributed by atoms with Gasteiger partial charge in [0.15, 0.2) is 0 Å². The molecule has 1 amide bonds. The summed E-state index contributed by atoms with van der Waals surface area (Å²) in [5.41, 5.74) is 8.77. The van der Waals surface area contributed by atoms with Crippen molar-refractivity contribution in [2.75, 3.05) is 11.9 Å². The summed E-state index contributed by atoms with van der Waals surface area (Å²) in [6.07, 6.45) is 0.810. The lowest BCUT2D eigenvalue weighted by Gasteiger charge is -2.18. The van der Waals surface area contributed by atoms with E-state index in [-0.39, 0.29) is 11.8 Å². The molecule has 0 radical (unpaired) electrons. The van der Waals surface area contributed by atoms with E-state index >= 15 is 0 Å². The first-order chi connectivity index (χ1) is 8.85. The Morgan fingerprint density at radius 3 is 2.47 bits per heavy atom. The molecule has 0 spiro atoms. The molecule has 106 valence electrons. The summed E-state index contributed by atoms with van der Waals surface area (Å²) in [5, 5.41) is 3.00. The Bertz CT molecular complexity index is 434. The van der Waals surface area contributed by atoms with Gasteiger partial charge in [0, 0.05) is 11.0 Å². The molecule has 0 aromatic heterocycles. The van der Waals surface area contributed by atoms with Crippen LogP contribution in [0.1, 0.15) is 31.4 Å². The molecule has 0 heterocycles. The average molecular weight is 327 g/mol. The van der Waals surface area contributed by atoms with Gasteiger partial charge in [-0.05, 0) is 59.3 Å². The number of aryl methyl sites for hydroxylation is 2. The minimum Gasteiger partial charge on any atom is -0.330 e. The lowest BCUT2D eigenvalue weighted by atomic mass is 9.96. The van der Waals surface area contributed by atoms with Gasteiger partial charge in [-0.25, -0.2) is 0 Å². The topological polar surface area (TPSA) is 55.1 Å². The van der Waals surface area contributed by atoms with Gasteiger partial charge in [0.2, 0.25) is 5.91 Å². The van der Waals surface area contributed by atoms with Crippen LogP contribution in [0, 0.1) is 25.7 Å². The van der Waals surface area contributed by atoms with E-state index in [9.17, 15) is 4.79 Å². The van der Waals surface area contributed by atoms with Crippen LogP contribution in [0.2, 0.25) is 0 Å². The van der Waals surface area contributed by atoms with Gasteiger partial charge in [-0.2, -0.15) is 0 Å². The summed E-state index contributed by atoms with van der Waals surface area (Å²) >= 11 is 3.50. The summed E-state index contributed by atoms with van der Waals surface area (Å²) in [6.45, 7) is 8.61. The van der Waals surface area contributed by atoms with Crippen molar-refractivity contribution >= 4 is 27.5 Å². The van der Waals surface area contributed by atoms with Gasteiger partial charge in [-0.15, -0.1) is 0 Å². The number of carbonyl (C=O) groups is 1. The summed E-state index contributed by atoms with van der Waals surface area (Å²) in [7, 11) is 0. The van der Waals surface area contributed by atoms with Gasteiger partial charge >= 0.3 is 0 Å². The zero-order valence-electron chi connectivity index (χ0n) is 12.1. The van der Waals surface area contributed by atoms with Crippen LogP contribution < -0.4 is 11.1 Å². The molecule has 0 fully saturated rings. The standard InChI is InChI=1S/C15H23BrN2O/c1-9(2)5-12(8-17)15(19)18-14-11(4)6-10(3)7-13(14)16/h6-7,9,12H,5,8,17H2,1-4H3,(H,18,19).